The Balaban J connectivity index is 2.30. The minimum atomic E-state index is 0.125. The predicted octanol–water partition coefficient (Wildman–Crippen LogP) is 0.330. The fourth-order valence-corrected chi connectivity index (χ4v) is 0.928. The lowest BCUT2D eigenvalue weighted by Gasteiger charge is -2.02. The first kappa shape index (κ1) is 3.89. The summed E-state index contributed by atoms with van der Waals surface area (Å²) in [7, 11) is 0. The molecule has 0 bridgehead atoms. The Morgan fingerprint density at radius 2 is 2.38 bits per heavy atom. The fraction of sp³-hybridized carbons (Fsp3) is 0.167. The number of rotatable bonds is 0. The molecule has 8 heavy (non-hydrogen) atoms. The molecule has 40 valence electrons. The van der Waals surface area contributed by atoms with Crippen molar-refractivity contribution in [2.45, 2.75) is 6.42 Å². The number of carbonyl (C=O) groups excluding carboxylic acids is 1. The van der Waals surface area contributed by atoms with Crippen molar-refractivity contribution in [1.82, 2.24) is 5.32 Å². The van der Waals surface area contributed by atoms with Gasteiger partial charge in [0.05, 0.1) is 6.42 Å². The molecular formula is C6H5NO. The van der Waals surface area contributed by atoms with Crippen LogP contribution in [0.25, 0.3) is 0 Å². The molecule has 1 amide bonds. The molecule has 0 fully saturated rings. The summed E-state index contributed by atoms with van der Waals surface area (Å²) < 4.78 is 0. The molecular weight excluding hydrogens is 102 g/mol. The monoisotopic (exact) mass is 107 g/mol. The lowest BCUT2D eigenvalue weighted by molar-refractivity contribution is -0.118. The average molecular weight is 107 g/mol. The molecule has 0 spiro atoms. The van der Waals surface area contributed by atoms with E-state index < -0.39 is 0 Å². The largest absolute Gasteiger partial charge is 0.326 e. The average Bonchev–Trinajstić information content (AvgIpc) is 1.91. The molecule has 0 aromatic carbocycles. The third-order valence-corrected chi connectivity index (χ3v) is 1.42. The van der Waals surface area contributed by atoms with Crippen molar-refractivity contribution in [3.05, 3.63) is 23.4 Å². The van der Waals surface area contributed by atoms with Gasteiger partial charge in [0.1, 0.15) is 0 Å². The molecule has 0 radical (unpaired) electrons. The molecule has 2 rings (SSSR count). The Hall–Kier alpha value is -1.05. The molecule has 2 heteroatoms. The van der Waals surface area contributed by atoms with Crippen LogP contribution in [-0.2, 0) is 4.79 Å². The smallest absolute Gasteiger partial charge is 0.228 e. The maximum atomic E-state index is 10.5. The van der Waals surface area contributed by atoms with Gasteiger partial charge in [-0.05, 0) is 11.6 Å². The lowest BCUT2D eigenvalue weighted by Crippen LogP contribution is -2.13. The highest BCUT2D eigenvalue weighted by atomic mass is 16.1. The van der Waals surface area contributed by atoms with Gasteiger partial charge in [-0.3, -0.25) is 4.79 Å². The molecule has 0 unspecified atom stereocenters. The normalized spacial score (nSPS) is 22.8. The maximum absolute atomic E-state index is 10.5. The van der Waals surface area contributed by atoms with Crippen LogP contribution in [0.4, 0.5) is 0 Å². The molecule has 1 heterocycles. The number of allylic oxidation sites excluding steroid dienone is 2. The number of hydrogen-bond donors (Lipinski definition) is 1. The molecule has 1 aliphatic heterocycles. The van der Waals surface area contributed by atoms with E-state index in [9.17, 15) is 4.79 Å². The minimum Gasteiger partial charge on any atom is -0.326 e. The molecule has 0 saturated carbocycles. The zero-order chi connectivity index (χ0) is 5.56. The zero-order valence-corrected chi connectivity index (χ0v) is 4.27. The third kappa shape index (κ3) is 0.304. The van der Waals surface area contributed by atoms with Gasteiger partial charge in [0, 0.05) is 5.70 Å². The fourth-order valence-electron chi connectivity index (χ4n) is 0.928. The van der Waals surface area contributed by atoms with E-state index in [0.717, 1.165) is 11.3 Å². The molecule has 0 atom stereocenters. The highest BCUT2D eigenvalue weighted by Gasteiger charge is 2.21. The Morgan fingerprint density at radius 1 is 1.50 bits per heavy atom. The van der Waals surface area contributed by atoms with Crippen molar-refractivity contribution in [2.24, 2.45) is 0 Å². The SMILES string of the molecule is O=C1CC2=C(C=C2)N1. The standard InChI is InChI=1S/C6H5NO/c8-6-3-4-1-2-5(4)7-6/h1-2H,3H2,(H,7,8). The molecule has 2 aliphatic rings. The van der Waals surface area contributed by atoms with Gasteiger partial charge in [0.15, 0.2) is 0 Å². The summed E-state index contributed by atoms with van der Waals surface area (Å²) in [6.07, 6.45) is 4.47. The van der Waals surface area contributed by atoms with Crippen LogP contribution in [0, 0.1) is 0 Å². The van der Waals surface area contributed by atoms with E-state index in [1.165, 1.54) is 0 Å². The van der Waals surface area contributed by atoms with Gasteiger partial charge in [0.2, 0.25) is 5.91 Å². The Bertz CT molecular complexity index is 193. The van der Waals surface area contributed by atoms with Crippen LogP contribution in [0.2, 0.25) is 0 Å². The highest BCUT2D eigenvalue weighted by molar-refractivity contribution is 5.87. The molecule has 1 N–H and O–H groups in total. The van der Waals surface area contributed by atoms with Crippen molar-refractivity contribution in [3.8, 4) is 0 Å². The summed E-state index contributed by atoms with van der Waals surface area (Å²) in [6.45, 7) is 0. The van der Waals surface area contributed by atoms with Crippen LogP contribution in [0.15, 0.2) is 23.4 Å². The number of carbonyl (C=O) groups is 1. The van der Waals surface area contributed by atoms with E-state index in [0.29, 0.717) is 6.42 Å². The van der Waals surface area contributed by atoms with Crippen LogP contribution in [-0.4, -0.2) is 5.91 Å². The van der Waals surface area contributed by atoms with Gasteiger partial charge in [-0.2, -0.15) is 0 Å². The van der Waals surface area contributed by atoms with Gasteiger partial charge < -0.3 is 5.32 Å². The molecule has 0 saturated heterocycles. The van der Waals surface area contributed by atoms with Crippen molar-refractivity contribution >= 4 is 5.91 Å². The van der Waals surface area contributed by atoms with Crippen LogP contribution in [0.1, 0.15) is 6.42 Å². The van der Waals surface area contributed by atoms with Gasteiger partial charge in [-0.25, -0.2) is 0 Å². The summed E-state index contributed by atoms with van der Waals surface area (Å²) in [6, 6.07) is 0. The maximum Gasteiger partial charge on any atom is 0.228 e. The number of amides is 1. The second kappa shape index (κ2) is 1.02. The van der Waals surface area contributed by atoms with E-state index in [4.69, 9.17) is 0 Å². The minimum absolute atomic E-state index is 0.125. The Kier molecular flexibility index (Phi) is 0.497. The van der Waals surface area contributed by atoms with E-state index in [2.05, 4.69) is 5.32 Å². The Labute approximate surface area is 46.9 Å². The molecule has 1 aliphatic carbocycles. The third-order valence-electron chi connectivity index (χ3n) is 1.42. The quantitative estimate of drug-likeness (QED) is 0.475. The molecule has 0 aromatic heterocycles. The molecule has 2 nitrogen and oxygen atoms in total. The summed E-state index contributed by atoms with van der Waals surface area (Å²) in [5, 5.41) is 2.71. The number of nitrogens with one attached hydrogen (secondary N) is 1. The first-order valence-electron chi connectivity index (χ1n) is 2.57. The topological polar surface area (TPSA) is 29.1 Å². The van der Waals surface area contributed by atoms with Crippen LogP contribution in [0.5, 0.6) is 0 Å². The van der Waals surface area contributed by atoms with Crippen LogP contribution in [0.3, 0.4) is 0 Å². The van der Waals surface area contributed by atoms with Gasteiger partial charge >= 0.3 is 0 Å². The van der Waals surface area contributed by atoms with Gasteiger partial charge in [-0.1, -0.05) is 6.08 Å². The van der Waals surface area contributed by atoms with Crippen LogP contribution < -0.4 is 5.32 Å². The van der Waals surface area contributed by atoms with E-state index in [1.54, 1.807) is 0 Å². The lowest BCUT2D eigenvalue weighted by atomic mass is 10.1. The second-order valence-corrected chi connectivity index (χ2v) is 2.00. The predicted molar refractivity (Wildman–Crippen MR) is 28.9 cm³/mol. The Morgan fingerprint density at radius 3 is 2.62 bits per heavy atom. The summed E-state index contributed by atoms with van der Waals surface area (Å²) >= 11 is 0. The van der Waals surface area contributed by atoms with Crippen molar-refractivity contribution in [1.29, 1.82) is 0 Å². The zero-order valence-electron chi connectivity index (χ0n) is 4.27. The first-order chi connectivity index (χ1) is 3.86. The van der Waals surface area contributed by atoms with E-state index in [1.807, 2.05) is 12.2 Å². The van der Waals surface area contributed by atoms with E-state index >= 15 is 0 Å². The van der Waals surface area contributed by atoms with Gasteiger partial charge in [-0.15, -0.1) is 0 Å². The number of hydrogen-bond acceptors (Lipinski definition) is 1. The molecule has 0 aromatic rings. The van der Waals surface area contributed by atoms with E-state index in [-0.39, 0.29) is 5.91 Å². The van der Waals surface area contributed by atoms with Gasteiger partial charge in [0.25, 0.3) is 0 Å². The van der Waals surface area contributed by atoms with Crippen molar-refractivity contribution in [2.75, 3.05) is 0 Å². The summed E-state index contributed by atoms with van der Waals surface area (Å²) in [5.74, 6) is 0.125. The van der Waals surface area contributed by atoms with Crippen LogP contribution >= 0.6 is 0 Å². The van der Waals surface area contributed by atoms with Crippen molar-refractivity contribution < 1.29 is 4.79 Å². The first-order valence-corrected chi connectivity index (χ1v) is 2.57. The second-order valence-electron chi connectivity index (χ2n) is 2.00. The van der Waals surface area contributed by atoms with Crippen molar-refractivity contribution in [3.63, 3.8) is 0 Å². The summed E-state index contributed by atoms with van der Waals surface area (Å²) in [4.78, 5) is 10.5. The highest BCUT2D eigenvalue weighted by Crippen LogP contribution is 2.24. The summed E-state index contributed by atoms with van der Waals surface area (Å²) in [5.41, 5.74) is 2.19.